The van der Waals surface area contributed by atoms with Crippen molar-refractivity contribution in [1.82, 2.24) is 14.5 Å². The molecule has 6 heteroatoms. The van der Waals surface area contributed by atoms with Crippen LogP contribution in [0.25, 0.3) is 10.9 Å². The molecule has 0 spiro atoms. The van der Waals surface area contributed by atoms with Crippen LogP contribution < -0.4 is 10.9 Å². The predicted molar refractivity (Wildman–Crippen MR) is 79.1 cm³/mol. The van der Waals surface area contributed by atoms with Crippen molar-refractivity contribution >= 4 is 16.8 Å². The second-order valence-electron chi connectivity index (χ2n) is 5.40. The van der Waals surface area contributed by atoms with Gasteiger partial charge in [0.1, 0.15) is 5.52 Å². The molecule has 6 nitrogen and oxygen atoms in total. The Labute approximate surface area is 122 Å². The van der Waals surface area contributed by atoms with E-state index in [0.717, 1.165) is 11.8 Å². The average Bonchev–Trinajstić information content (AvgIpc) is 3.11. The molecule has 1 fully saturated rings. The third-order valence-electron chi connectivity index (χ3n) is 3.95. The molecule has 21 heavy (non-hydrogen) atoms. The maximum atomic E-state index is 12.4. The summed E-state index contributed by atoms with van der Waals surface area (Å²) in [4.78, 5) is 24.2. The third kappa shape index (κ3) is 2.71. The largest absolute Gasteiger partial charge is 0.381 e. The minimum Gasteiger partial charge on any atom is -0.381 e. The highest BCUT2D eigenvalue weighted by Gasteiger charge is 2.22. The molecule has 2 aromatic heterocycles. The minimum absolute atomic E-state index is 0.0143. The number of ether oxygens (including phenoxy) is 1. The van der Waals surface area contributed by atoms with E-state index < -0.39 is 0 Å². The molecular weight excluding hydrogens is 270 g/mol. The lowest BCUT2D eigenvalue weighted by Crippen LogP contribution is -2.35. The number of pyridine rings is 1. The Bertz CT molecular complexity index is 711. The van der Waals surface area contributed by atoms with E-state index >= 15 is 0 Å². The van der Waals surface area contributed by atoms with E-state index in [9.17, 15) is 9.59 Å². The van der Waals surface area contributed by atoms with Crippen LogP contribution in [0.2, 0.25) is 0 Å². The molecule has 1 atom stereocenters. The number of carbonyl (C=O) groups excluding carboxylic acids is 1. The smallest absolute Gasteiger partial charge is 0.275 e. The quantitative estimate of drug-likeness (QED) is 0.891. The van der Waals surface area contributed by atoms with Crippen LogP contribution >= 0.6 is 0 Å². The van der Waals surface area contributed by atoms with Gasteiger partial charge in [-0.05, 0) is 18.6 Å². The van der Waals surface area contributed by atoms with Crippen molar-refractivity contribution in [2.24, 2.45) is 13.0 Å². The Balaban J connectivity index is 1.65. The number of carbonyl (C=O) groups is 1. The van der Waals surface area contributed by atoms with Gasteiger partial charge in [-0.15, -0.1) is 0 Å². The van der Waals surface area contributed by atoms with Crippen molar-refractivity contribution in [3.05, 3.63) is 34.9 Å². The van der Waals surface area contributed by atoms with Gasteiger partial charge in [-0.2, -0.15) is 0 Å². The Kier molecular flexibility index (Phi) is 3.79. The van der Waals surface area contributed by atoms with Crippen molar-refractivity contribution in [3.8, 4) is 0 Å². The van der Waals surface area contributed by atoms with Crippen molar-refractivity contribution in [2.45, 2.75) is 13.0 Å². The van der Waals surface area contributed by atoms with Gasteiger partial charge in [-0.1, -0.05) is 0 Å². The van der Waals surface area contributed by atoms with Gasteiger partial charge in [0.05, 0.1) is 12.5 Å². The molecule has 0 saturated carbocycles. The summed E-state index contributed by atoms with van der Waals surface area (Å²) in [7, 11) is 1.86. The Morgan fingerprint density at radius 1 is 1.43 bits per heavy atom. The lowest BCUT2D eigenvalue weighted by molar-refractivity contribution is -0.124. The number of hydrogen-bond acceptors (Lipinski definition) is 3. The van der Waals surface area contributed by atoms with E-state index in [2.05, 4.69) is 5.32 Å². The molecule has 0 aromatic carbocycles. The lowest BCUT2D eigenvalue weighted by atomic mass is 10.1. The fourth-order valence-corrected chi connectivity index (χ4v) is 2.69. The predicted octanol–water partition coefficient (Wildman–Crippen LogP) is 0.493. The van der Waals surface area contributed by atoms with Gasteiger partial charge in [0.2, 0.25) is 5.91 Å². The summed E-state index contributed by atoms with van der Waals surface area (Å²) in [6.07, 6.45) is 4.43. The van der Waals surface area contributed by atoms with Crippen molar-refractivity contribution in [3.63, 3.8) is 0 Å². The molecule has 1 aliphatic rings. The molecule has 3 rings (SSSR count). The van der Waals surface area contributed by atoms with E-state index in [1.807, 2.05) is 29.9 Å². The first kappa shape index (κ1) is 13.9. The zero-order valence-electron chi connectivity index (χ0n) is 12.0. The zero-order chi connectivity index (χ0) is 14.8. The topological polar surface area (TPSA) is 65.3 Å². The number of fused-ring (bicyclic) bond motifs is 1. The molecule has 112 valence electrons. The molecule has 2 aromatic rings. The van der Waals surface area contributed by atoms with Gasteiger partial charge in [0.15, 0.2) is 0 Å². The number of amides is 1. The minimum atomic E-state index is -0.0444. The molecule has 0 aliphatic carbocycles. The summed E-state index contributed by atoms with van der Waals surface area (Å²) in [6.45, 7) is 2.08. The van der Waals surface area contributed by atoms with Crippen LogP contribution in [0.15, 0.2) is 29.3 Å². The molecule has 0 unspecified atom stereocenters. The highest BCUT2D eigenvalue weighted by Crippen LogP contribution is 2.12. The molecule has 1 saturated heterocycles. The number of nitrogens with one attached hydrogen (secondary N) is 1. The molecule has 3 heterocycles. The first-order valence-electron chi connectivity index (χ1n) is 7.17. The van der Waals surface area contributed by atoms with E-state index in [4.69, 9.17) is 4.74 Å². The zero-order valence-corrected chi connectivity index (χ0v) is 12.0. The van der Waals surface area contributed by atoms with Crippen LogP contribution in [0.4, 0.5) is 0 Å². The summed E-state index contributed by atoms with van der Waals surface area (Å²) in [6, 6.07) is 3.84. The average molecular weight is 289 g/mol. The second kappa shape index (κ2) is 5.73. The maximum absolute atomic E-state index is 12.4. The number of aryl methyl sites for hydroxylation is 1. The van der Waals surface area contributed by atoms with E-state index in [1.165, 1.54) is 0 Å². The lowest BCUT2D eigenvalue weighted by Gasteiger charge is -2.11. The molecule has 1 aliphatic heterocycles. The standard InChI is InChI=1S/C15H19N3O3/c1-17-6-2-11-3-7-18(15(20)13(11)17)8-5-16-14(19)12-4-9-21-10-12/h2-3,6-7,12H,4-5,8-10H2,1H3,(H,16,19)/t12-/m1/s1. The van der Waals surface area contributed by atoms with Crippen LogP contribution in [0.3, 0.4) is 0 Å². The van der Waals surface area contributed by atoms with Crippen molar-refractivity contribution in [1.29, 1.82) is 0 Å². The maximum Gasteiger partial charge on any atom is 0.275 e. The fourth-order valence-electron chi connectivity index (χ4n) is 2.69. The summed E-state index contributed by atoms with van der Waals surface area (Å²) < 4.78 is 8.65. The SMILES string of the molecule is Cn1ccc2ccn(CCNC(=O)[C@@H]3CCOC3)c(=O)c21. The first-order valence-corrected chi connectivity index (χ1v) is 7.17. The van der Waals surface area contributed by atoms with E-state index in [1.54, 1.807) is 10.8 Å². The summed E-state index contributed by atoms with van der Waals surface area (Å²) in [5, 5.41) is 3.81. The Hall–Kier alpha value is -2.08. The highest BCUT2D eigenvalue weighted by molar-refractivity contribution is 5.79. The van der Waals surface area contributed by atoms with Gasteiger partial charge >= 0.3 is 0 Å². The van der Waals surface area contributed by atoms with Gasteiger partial charge in [0.25, 0.3) is 5.56 Å². The fraction of sp³-hybridized carbons (Fsp3) is 0.467. The van der Waals surface area contributed by atoms with Crippen LogP contribution in [-0.2, 0) is 23.1 Å². The Morgan fingerprint density at radius 3 is 3.00 bits per heavy atom. The molecule has 0 bridgehead atoms. The first-order chi connectivity index (χ1) is 10.2. The molecule has 1 amide bonds. The second-order valence-corrected chi connectivity index (χ2v) is 5.40. The van der Waals surface area contributed by atoms with Gasteiger partial charge < -0.3 is 19.2 Å². The third-order valence-corrected chi connectivity index (χ3v) is 3.95. The normalized spacial score (nSPS) is 18.2. The van der Waals surface area contributed by atoms with Crippen LogP contribution in [-0.4, -0.2) is 34.8 Å². The van der Waals surface area contributed by atoms with E-state index in [-0.39, 0.29) is 17.4 Å². The van der Waals surface area contributed by atoms with Crippen molar-refractivity contribution < 1.29 is 9.53 Å². The van der Waals surface area contributed by atoms with Crippen molar-refractivity contribution in [2.75, 3.05) is 19.8 Å². The summed E-state index contributed by atoms with van der Waals surface area (Å²) in [5.74, 6) is -0.0300. The number of hydrogen-bond donors (Lipinski definition) is 1. The van der Waals surface area contributed by atoms with Gasteiger partial charge in [-0.25, -0.2) is 0 Å². The number of nitrogens with zero attached hydrogens (tertiary/aromatic N) is 2. The Morgan fingerprint density at radius 2 is 2.24 bits per heavy atom. The van der Waals surface area contributed by atoms with Crippen LogP contribution in [0.5, 0.6) is 0 Å². The molecule has 1 N–H and O–H groups in total. The number of rotatable bonds is 4. The van der Waals surface area contributed by atoms with Gasteiger partial charge in [0, 0.05) is 44.5 Å². The summed E-state index contributed by atoms with van der Waals surface area (Å²) >= 11 is 0. The monoisotopic (exact) mass is 289 g/mol. The van der Waals surface area contributed by atoms with Crippen LogP contribution in [0, 0.1) is 5.92 Å². The van der Waals surface area contributed by atoms with E-state index in [0.29, 0.717) is 31.8 Å². The molecule has 0 radical (unpaired) electrons. The van der Waals surface area contributed by atoms with Gasteiger partial charge in [-0.3, -0.25) is 9.59 Å². The number of aromatic nitrogens is 2. The van der Waals surface area contributed by atoms with Crippen LogP contribution in [0.1, 0.15) is 6.42 Å². The molecular formula is C15H19N3O3. The summed E-state index contributed by atoms with van der Waals surface area (Å²) in [5.41, 5.74) is 0.659. The highest BCUT2D eigenvalue weighted by atomic mass is 16.5.